The van der Waals surface area contributed by atoms with Crippen LogP contribution in [-0.2, 0) is 5.41 Å². The molecule has 1 unspecified atom stereocenters. The van der Waals surface area contributed by atoms with E-state index >= 15 is 0 Å². The molecule has 0 spiro atoms. The number of aliphatic hydroxyl groups excluding tert-OH is 1. The first-order chi connectivity index (χ1) is 14.1. The van der Waals surface area contributed by atoms with E-state index in [4.69, 9.17) is 0 Å². The normalized spacial score (nSPS) is 12.8. The molecule has 1 atom stereocenters. The number of nitriles is 1. The fraction of sp³-hybridized carbons (Fsp3) is 0.300. The summed E-state index contributed by atoms with van der Waals surface area (Å²) >= 11 is 0. The molecule has 10 heteroatoms. The average Bonchev–Trinajstić information content (AvgIpc) is 3.27. The van der Waals surface area contributed by atoms with Crippen LogP contribution in [0.25, 0.3) is 5.69 Å². The molecular weight excluding hydrogens is 386 g/mol. The zero-order valence-corrected chi connectivity index (χ0v) is 17.0. The van der Waals surface area contributed by atoms with Gasteiger partial charge < -0.3 is 5.11 Å². The zero-order valence-electron chi connectivity index (χ0n) is 17.0. The molecular formula is C20H21N7O3. The monoisotopic (exact) mass is 407 g/mol. The Morgan fingerprint density at radius 3 is 2.50 bits per heavy atom. The number of ketones is 1. The fourth-order valence-corrected chi connectivity index (χ4v) is 2.81. The number of Topliss-reactive ketones (excluding diaryl/α,β-unsaturated/α-hetero) is 1. The molecule has 10 nitrogen and oxygen atoms in total. The molecule has 0 bridgehead atoms. The first-order valence-electron chi connectivity index (χ1n) is 9.18. The number of para-hydroxylation sites is 1. The van der Waals surface area contributed by atoms with Crippen LogP contribution in [0, 0.1) is 11.3 Å². The van der Waals surface area contributed by atoms with Gasteiger partial charge in [-0.1, -0.05) is 39.0 Å². The number of aromatic amines is 2. The molecule has 154 valence electrons. The highest BCUT2D eigenvalue weighted by molar-refractivity contribution is 6.01. The maximum absolute atomic E-state index is 12.9. The minimum absolute atomic E-state index is 0.00438. The van der Waals surface area contributed by atoms with Gasteiger partial charge in [0.1, 0.15) is 23.4 Å². The first-order valence-corrected chi connectivity index (χ1v) is 9.18. The van der Waals surface area contributed by atoms with E-state index in [1.165, 1.54) is 6.92 Å². The van der Waals surface area contributed by atoms with Crippen molar-refractivity contribution in [2.45, 2.75) is 39.2 Å². The summed E-state index contributed by atoms with van der Waals surface area (Å²) in [6.07, 6.45) is -1.35. The number of carbonyl (C=O) groups excluding carboxylic acids is 1. The maximum Gasteiger partial charge on any atom is 0.299 e. The van der Waals surface area contributed by atoms with Crippen molar-refractivity contribution in [1.29, 1.82) is 5.26 Å². The Morgan fingerprint density at radius 2 is 1.93 bits per heavy atom. The van der Waals surface area contributed by atoms with Gasteiger partial charge in [-0.3, -0.25) is 19.8 Å². The molecule has 3 rings (SSSR count). The molecule has 0 amide bonds. The summed E-state index contributed by atoms with van der Waals surface area (Å²) in [6.45, 7) is 7.02. The number of H-pyrrole nitrogens is 2. The maximum atomic E-state index is 12.9. The number of hydrogen-bond acceptors (Lipinski definition) is 7. The van der Waals surface area contributed by atoms with Gasteiger partial charge in [-0.25, -0.2) is 4.68 Å². The number of carbonyl (C=O) groups is 1. The van der Waals surface area contributed by atoms with Gasteiger partial charge >= 0.3 is 0 Å². The Balaban J connectivity index is 2.14. The van der Waals surface area contributed by atoms with E-state index in [1.54, 1.807) is 30.3 Å². The van der Waals surface area contributed by atoms with Crippen LogP contribution in [0.2, 0.25) is 0 Å². The summed E-state index contributed by atoms with van der Waals surface area (Å²) in [6, 6.07) is 10.6. The van der Waals surface area contributed by atoms with Crippen molar-refractivity contribution in [3.63, 3.8) is 0 Å². The van der Waals surface area contributed by atoms with Gasteiger partial charge in [0.2, 0.25) is 11.6 Å². The van der Waals surface area contributed by atoms with Crippen molar-refractivity contribution in [2.24, 2.45) is 10.2 Å². The van der Waals surface area contributed by atoms with Gasteiger partial charge in [0.25, 0.3) is 5.56 Å². The first kappa shape index (κ1) is 20.9. The van der Waals surface area contributed by atoms with Crippen LogP contribution in [0.15, 0.2) is 45.4 Å². The second-order valence-corrected chi connectivity index (χ2v) is 7.71. The van der Waals surface area contributed by atoms with Crippen molar-refractivity contribution in [1.82, 2.24) is 20.0 Å². The van der Waals surface area contributed by atoms with Crippen LogP contribution in [0.4, 0.5) is 11.5 Å². The second-order valence-electron chi connectivity index (χ2n) is 7.71. The summed E-state index contributed by atoms with van der Waals surface area (Å²) in [4.78, 5) is 25.3. The smallest absolute Gasteiger partial charge is 0.299 e. The molecule has 0 saturated heterocycles. The van der Waals surface area contributed by atoms with Crippen molar-refractivity contribution >= 4 is 17.3 Å². The number of nitrogens with zero attached hydrogens (tertiary/aromatic N) is 5. The Morgan fingerprint density at radius 1 is 1.27 bits per heavy atom. The molecule has 0 aliphatic rings. The van der Waals surface area contributed by atoms with Crippen LogP contribution in [-0.4, -0.2) is 37.0 Å². The highest BCUT2D eigenvalue weighted by Gasteiger charge is 2.26. The third-order valence-corrected chi connectivity index (χ3v) is 4.36. The Labute approximate surface area is 171 Å². The highest BCUT2D eigenvalue weighted by atomic mass is 16.3. The van der Waals surface area contributed by atoms with Crippen molar-refractivity contribution in [2.75, 3.05) is 0 Å². The lowest BCUT2D eigenvalue weighted by molar-refractivity contribution is 0.0774. The number of nitrogens with one attached hydrogen (secondary N) is 2. The van der Waals surface area contributed by atoms with Crippen LogP contribution in [0.5, 0.6) is 0 Å². The van der Waals surface area contributed by atoms with Crippen LogP contribution < -0.4 is 5.56 Å². The number of benzene rings is 1. The summed E-state index contributed by atoms with van der Waals surface area (Å²) in [7, 11) is 0. The van der Waals surface area contributed by atoms with E-state index in [0.29, 0.717) is 11.4 Å². The summed E-state index contributed by atoms with van der Waals surface area (Å²) in [5.74, 6) is -0.710. The molecule has 0 radical (unpaired) electrons. The largest absolute Gasteiger partial charge is 0.385 e. The Hall–Kier alpha value is -3.84. The minimum Gasteiger partial charge on any atom is -0.385 e. The molecule has 0 saturated carbocycles. The van der Waals surface area contributed by atoms with Gasteiger partial charge in [-0.2, -0.15) is 10.4 Å². The number of hydrogen-bond donors (Lipinski definition) is 3. The summed E-state index contributed by atoms with van der Waals surface area (Å²) < 4.78 is 1.14. The van der Waals surface area contributed by atoms with Gasteiger partial charge in [-0.15, -0.1) is 10.2 Å². The fourth-order valence-electron chi connectivity index (χ4n) is 2.81. The van der Waals surface area contributed by atoms with Crippen molar-refractivity contribution in [3.05, 3.63) is 57.6 Å². The molecule has 0 aliphatic heterocycles. The van der Waals surface area contributed by atoms with Crippen molar-refractivity contribution < 1.29 is 9.90 Å². The molecule has 2 heterocycles. The van der Waals surface area contributed by atoms with E-state index in [1.807, 2.05) is 26.8 Å². The van der Waals surface area contributed by atoms with E-state index in [9.17, 15) is 20.0 Å². The van der Waals surface area contributed by atoms with Crippen LogP contribution in [0.3, 0.4) is 0 Å². The van der Waals surface area contributed by atoms with Crippen LogP contribution >= 0.6 is 0 Å². The molecule has 30 heavy (non-hydrogen) atoms. The lowest BCUT2D eigenvalue weighted by atomic mass is 9.90. The predicted octanol–water partition coefficient (Wildman–Crippen LogP) is 3.04. The third kappa shape index (κ3) is 3.83. The lowest BCUT2D eigenvalue weighted by Crippen LogP contribution is -2.17. The summed E-state index contributed by atoms with van der Waals surface area (Å²) in [5.41, 5.74) is -0.215. The number of aromatic nitrogens is 4. The predicted molar refractivity (Wildman–Crippen MR) is 109 cm³/mol. The molecule has 2 aromatic heterocycles. The van der Waals surface area contributed by atoms with E-state index in [2.05, 4.69) is 25.5 Å². The standard InChI is InChI=1S/C20H21N7O3/c1-11(28)16(29)14-15(19(30)27(26-14)12-8-6-5-7-9-12)22-24-18-13(10-21)17(23-25-18)20(2,3)4/h5-9,11,26,28H,1-4H3,(H,23,25). The average molecular weight is 407 g/mol. The Kier molecular flexibility index (Phi) is 5.49. The van der Waals surface area contributed by atoms with E-state index in [-0.39, 0.29) is 28.2 Å². The molecule has 0 aliphatic carbocycles. The molecule has 3 aromatic rings. The SMILES string of the molecule is CC(O)C(=O)c1[nH]n(-c2ccccc2)c(=O)c1N=Nc1n[nH]c(C(C)(C)C)c1C#N. The third-order valence-electron chi connectivity index (χ3n) is 4.36. The van der Waals surface area contributed by atoms with Gasteiger partial charge in [0, 0.05) is 5.41 Å². The lowest BCUT2D eigenvalue weighted by Gasteiger charge is -2.15. The zero-order chi connectivity index (χ0) is 22.1. The highest BCUT2D eigenvalue weighted by Crippen LogP contribution is 2.30. The second kappa shape index (κ2) is 7.88. The molecule has 0 fully saturated rings. The van der Waals surface area contributed by atoms with Gasteiger partial charge in [0.05, 0.1) is 11.4 Å². The van der Waals surface area contributed by atoms with Crippen LogP contribution in [0.1, 0.15) is 49.4 Å². The summed E-state index contributed by atoms with van der Waals surface area (Å²) in [5, 5.41) is 36.6. The Bertz CT molecular complexity index is 1200. The topological polar surface area (TPSA) is 152 Å². The minimum atomic E-state index is -1.35. The molecule has 3 N–H and O–H groups in total. The van der Waals surface area contributed by atoms with Gasteiger partial charge in [0.15, 0.2) is 5.69 Å². The number of azo groups is 1. The van der Waals surface area contributed by atoms with E-state index in [0.717, 1.165) is 4.68 Å². The van der Waals surface area contributed by atoms with Gasteiger partial charge in [-0.05, 0) is 19.1 Å². The quantitative estimate of drug-likeness (QED) is 0.438. The van der Waals surface area contributed by atoms with Crippen molar-refractivity contribution in [3.8, 4) is 11.8 Å². The van der Waals surface area contributed by atoms with E-state index < -0.39 is 17.4 Å². The number of aliphatic hydroxyl groups is 1. The molecule has 1 aromatic carbocycles. The number of rotatable bonds is 5.